The van der Waals surface area contributed by atoms with Gasteiger partial charge in [-0.05, 0) is 45.2 Å². The zero-order chi connectivity index (χ0) is 23.8. The van der Waals surface area contributed by atoms with Crippen molar-refractivity contribution in [3.8, 4) is 0 Å². The lowest BCUT2D eigenvalue weighted by Gasteiger charge is -2.31. The van der Waals surface area contributed by atoms with Crippen LogP contribution >= 0.6 is 0 Å². The molecule has 8 heteroatoms. The Kier molecular flexibility index (Phi) is 14.8. The van der Waals surface area contributed by atoms with E-state index < -0.39 is 11.9 Å². The molecule has 34 heavy (non-hydrogen) atoms. The molecule has 0 N–H and O–H groups in total. The molecular weight excluding hydrogens is 658 g/mol. The molecule has 0 aliphatic rings. The highest BCUT2D eigenvalue weighted by Gasteiger charge is 2.22. The summed E-state index contributed by atoms with van der Waals surface area (Å²) in [5.74, 6) is -0.813. The molecule has 0 saturated carbocycles. The summed E-state index contributed by atoms with van der Waals surface area (Å²) in [6.07, 6.45) is 0. The topological polar surface area (TPSA) is 52.6 Å². The maximum absolute atomic E-state index is 12.9. The van der Waals surface area contributed by atoms with E-state index in [9.17, 15) is 9.59 Å². The molecule has 0 aromatic heterocycles. The second-order valence-corrected chi connectivity index (χ2v) is 8.93. The van der Waals surface area contributed by atoms with Crippen molar-refractivity contribution in [2.75, 3.05) is 66.6 Å². The Bertz CT molecular complexity index is 857. The maximum atomic E-state index is 12.9. The predicted octanol–water partition coefficient (Wildman–Crippen LogP) is -1.87. The van der Waals surface area contributed by atoms with E-state index in [4.69, 9.17) is 9.47 Å². The summed E-state index contributed by atoms with van der Waals surface area (Å²) in [7, 11) is 4.31. The fourth-order valence-corrected chi connectivity index (χ4v) is 3.63. The summed E-state index contributed by atoms with van der Waals surface area (Å²) < 4.78 is 12.9. The summed E-state index contributed by atoms with van der Waals surface area (Å²) in [6.45, 7) is 14.6. The molecular formula is C26H40I2N2O4. The van der Waals surface area contributed by atoms with Crippen LogP contribution in [0.1, 0.15) is 48.4 Å². The molecule has 0 spiro atoms. The monoisotopic (exact) mass is 698 g/mol. The maximum Gasteiger partial charge on any atom is 0.338 e. The fraction of sp³-hybridized carbons (Fsp3) is 0.538. The van der Waals surface area contributed by atoms with Crippen LogP contribution in [0.2, 0.25) is 0 Å². The van der Waals surface area contributed by atoms with E-state index in [1.807, 2.05) is 24.3 Å². The minimum Gasteiger partial charge on any atom is -1.00 e. The Morgan fingerprint density at radius 1 is 0.676 bits per heavy atom. The number of fused-ring (bicyclic) bond motifs is 1. The number of quaternary nitrogens is 2. The van der Waals surface area contributed by atoms with Gasteiger partial charge in [0.05, 0.1) is 51.4 Å². The lowest BCUT2D eigenvalue weighted by molar-refractivity contribution is -0.906. The van der Waals surface area contributed by atoms with E-state index >= 15 is 0 Å². The Labute approximate surface area is 239 Å². The normalized spacial score (nSPS) is 11.4. The quantitative estimate of drug-likeness (QED) is 0.148. The number of benzene rings is 2. The molecule has 0 saturated heterocycles. The van der Waals surface area contributed by atoms with E-state index in [1.165, 1.54) is 0 Å². The number of halogens is 2. The molecule has 0 radical (unpaired) electrons. The van der Waals surface area contributed by atoms with Gasteiger partial charge < -0.3 is 66.4 Å². The lowest BCUT2D eigenvalue weighted by Crippen LogP contribution is -3.00. The van der Waals surface area contributed by atoms with Gasteiger partial charge in [0.25, 0.3) is 0 Å². The summed E-state index contributed by atoms with van der Waals surface area (Å²) >= 11 is 0. The number of hydrogen-bond acceptors (Lipinski definition) is 4. The van der Waals surface area contributed by atoms with Gasteiger partial charge in [-0.15, -0.1) is 0 Å². The van der Waals surface area contributed by atoms with Crippen LogP contribution in [0.5, 0.6) is 0 Å². The van der Waals surface area contributed by atoms with Gasteiger partial charge >= 0.3 is 11.9 Å². The molecule has 0 atom stereocenters. The summed E-state index contributed by atoms with van der Waals surface area (Å²) in [4.78, 5) is 25.9. The largest absolute Gasteiger partial charge is 1.00 e. The van der Waals surface area contributed by atoms with Crippen molar-refractivity contribution >= 4 is 22.7 Å². The number of esters is 2. The smallest absolute Gasteiger partial charge is 0.338 e. The van der Waals surface area contributed by atoms with Gasteiger partial charge in [-0.25, -0.2) is 9.59 Å². The number of likely N-dealkylation sites (N-methyl/N-ethyl adjacent to an activating group) is 2. The summed E-state index contributed by atoms with van der Waals surface area (Å²) in [5, 5.41) is 1.41. The van der Waals surface area contributed by atoms with Gasteiger partial charge in [-0.3, -0.25) is 0 Å². The lowest BCUT2D eigenvalue weighted by atomic mass is 9.99. The standard InChI is InChI=1S/C26H40N2O4.2HI/c1-7-27(5,8-2)17-19-31-25(29)22-15-11-13-21-14-12-16-23(24(21)22)26(30)32-20-18-28(6,9-3)10-4;;/h11-16H,7-10,17-20H2,1-6H3;2*1H/q+2;;/p-2. The third-order valence-electron chi connectivity index (χ3n) is 7.13. The number of hydrogen-bond donors (Lipinski definition) is 0. The van der Waals surface area contributed by atoms with Crippen molar-refractivity contribution in [1.82, 2.24) is 0 Å². The van der Waals surface area contributed by atoms with E-state index in [-0.39, 0.29) is 48.0 Å². The number of rotatable bonds is 12. The first-order chi connectivity index (χ1) is 15.2. The molecule has 0 heterocycles. The first-order valence-corrected chi connectivity index (χ1v) is 11.8. The van der Waals surface area contributed by atoms with Gasteiger partial charge in [-0.2, -0.15) is 0 Å². The van der Waals surface area contributed by atoms with E-state index in [0.29, 0.717) is 29.7 Å². The molecule has 0 unspecified atom stereocenters. The first-order valence-electron chi connectivity index (χ1n) is 11.8. The highest BCUT2D eigenvalue weighted by molar-refractivity contribution is 6.13. The van der Waals surface area contributed by atoms with Crippen LogP contribution in [-0.2, 0) is 9.47 Å². The summed E-state index contributed by atoms with van der Waals surface area (Å²) in [6, 6.07) is 10.9. The molecule has 2 aromatic carbocycles. The first kappa shape index (κ1) is 33.0. The Hall–Kier alpha value is -0.980. The van der Waals surface area contributed by atoms with Crippen molar-refractivity contribution < 1.29 is 76.0 Å². The molecule has 6 nitrogen and oxygen atoms in total. The van der Waals surface area contributed by atoms with Crippen molar-refractivity contribution in [1.29, 1.82) is 0 Å². The third-order valence-corrected chi connectivity index (χ3v) is 7.13. The van der Waals surface area contributed by atoms with Crippen LogP contribution in [0.25, 0.3) is 10.8 Å². The predicted molar refractivity (Wildman–Crippen MR) is 129 cm³/mol. The van der Waals surface area contributed by atoms with E-state index in [2.05, 4.69) is 41.8 Å². The highest BCUT2D eigenvalue weighted by atomic mass is 127. The average Bonchev–Trinajstić information content (AvgIpc) is 2.82. The van der Waals surface area contributed by atoms with Crippen LogP contribution in [0.3, 0.4) is 0 Å². The molecule has 2 rings (SSSR count). The average molecular weight is 698 g/mol. The third kappa shape index (κ3) is 8.60. The number of nitrogens with zero attached hydrogens (tertiary/aromatic N) is 2. The van der Waals surface area contributed by atoms with Crippen molar-refractivity contribution in [2.45, 2.75) is 27.7 Å². The molecule has 192 valence electrons. The van der Waals surface area contributed by atoms with Crippen LogP contribution in [-0.4, -0.2) is 87.5 Å². The minimum absolute atomic E-state index is 0. The van der Waals surface area contributed by atoms with Crippen molar-refractivity contribution in [2.24, 2.45) is 0 Å². The van der Waals surface area contributed by atoms with Gasteiger partial charge in [0.1, 0.15) is 26.3 Å². The number of ether oxygens (including phenoxy) is 2. The zero-order valence-electron chi connectivity index (χ0n) is 21.4. The number of carbonyl (C=O) groups excluding carboxylic acids is 2. The van der Waals surface area contributed by atoms with E-state index in [1.54, 1.807) is 12.1 Å². The Morgan fingerprint density at radius 2 is 1.03 bits per heavy atom. The molecule has 0 fully saturated rings. The van der Waals surface area contributed by atoms with E-state index in [0.717, 1.165) is 53.6 Å². The van der Waals surface area contributed by atoms with Crippen molar-refractivity contribution in [3.63, 3.8) is 0 Å². The van der Waals surface area contributed by atoms with Gasteiger partial charge in [-0.1, -0.05) is 24.3 Å². The molecule has 0 aliphatic carbocycles. The molecule has 0 bridgehead atoms. The second kappa shape index (κ2) is 15.2. The van der Waals surface area contributed by atoms with Crippen LogP contribution in [0.4, 0.5) is 0 Å². The fourth-order valence-electron chi connectivity index (χ4n) is 3.63. The van der Waals surface area contributed by atoms with Crippen LogP contribution < -0.4 is 48.0 Å². The highest BCUT2D eigenvalue weighted by Crippen LogP contribution is 2.25. The van der Waals surface area contributed by atoms with Crippen molar-refractivity contribution in [3.05, 3.63) is 47.5 Å². The molecule has 2 aromatic rings. The molecule has 0 amide bonds. The van der Waals surface area contributed by atoms with Crippen LogP contribution in [0, 0.1) is 0 Å². The SMILES string of the molecule is CC[N+](C)(CC)CCOC(=O)c1cccc2cccc(C(=O)OCC[N+](C)(CC)CC)c12.[I-].[I-]. The van der Waals surface area contributed by atoms with Gasteiger partial charge in [0.2, 0.25) is 0 Å². The van der Waals surface area contributed by atoms with Gasteiger partial charge in [0, 0.05) is 5.39 Å². The second-order valence-electron chi connectivity index (χ2n) is 8.93. The Balaban J connectivity index is 0.00000544. The summed E-state index contributed by atoms with van der Waals surface area (Å²) in [5.41, 5.74) is 0.806. The Morgan fingerprint density at radius 3 is 1.35 bits per heavy atom. The number of carbonyl (C=O) groups is 2. The molecule has 0 aliphatic heterocycles. The van der Waals surface area contributed by atoms with Gasteiger partial charge in [0.15, 0.2) is 0 Å². The minimum atomic E-state index is -0.407. The zero-order valence-corrected chi connectivity index (χ0v) is 25.7. The van der Waals surface area contributed by atoms with Crippen LogP contribution in [0.15, 0.2) is 36.4 Å².